The Morgan fingerprint density at radius 1 is 1.47 bits per heavy atom. The Hall–Kier alpha value is -0.760. The second-order valence-corrected chi connectivity index (χ2v) is 4.62. The van der Waals surface area contributed by atoms with Crippen LogP contribution in [0.4, 0.5) is 8.78 Å². The Labute approximate surface area is 111 Å². The molecular weight excluding hydrogens is 343 g/mol. The molecule has 1 aromatic carbocycles. The van der Waals surface area contributed by atoms with Crippen LogP contribution in [-0.4, -0.2) is 18.5 Å². The van der Waals surface area contributed by atoms with E-state index >= 15 is 0 Å². The number of hydrogen-bond acceptors (Lipinski definition) is 3. The van der Waals surface area contributed by atoms with Gasteiger partial charge < -0.3 is 10.5 Å². The van der Waals surface area contributed by atoms with Gasteiger partial charge in [0.25, 0.3) is 0 Å². The number of alkyl halides is 2. The molecule has 1 atom stereocenters. The first-order valence-electron chi connectivity index (χ1n) is 4.95. The largest absolute Gasteiger partial charge is 0.462 e. The molecule has 2 N–H and O–H groups in total. The molecule has 0 aliphatic carbocycles. The van der Waals surface area contributed by atoms with Crippen LogP contribution < -0.4 is 5.73 Å². The summed E-state index contributed by atoms with van der Waals surface area (Å²) in [4.78, 5) is 11.1. The molecule has 6 heteroatoms. The van der Waals surface area contributed by atoms with Crippen molar-refractivity contribution in [1.82, 2.24) is 0 Å². The molecule has 0 aromatic heterocycles. The fourth-order valence-electron chi connectivity index (χ4n) is 1.23. The van der Waals surface area contributed by atoms with Crippen molar-refractivity contribution in [2.24, 2.45) is 5.73 Å². The third-order valence-electron chi connectivity index (χ3n) is 2.17. The minimum absolute atomic E-state index is 0.103. The van der Waals surface area contributed by atoms with Gasteiger partial charge in [-0.2, -0.15) is 8.78 Å². The van der Waals surface area contributed by atoms with Gasteiger partial charge in [0.15, 0.2) is 0 Å². The molecule has 0 aliphatic rings. The summed E-state index contributed by atoms with van der Waals surface area (Å²) in [5.74, 6) is -5.31. The van der Waals surface area contributed by atoms with E-state index in [0.29, 0.717) is 0 Å². The fourth-order valence-corrected chi connectivity index (χ4v) is 1.59. The van der Waals surface area contributed by atoms with Gasteiger partial charge >= 0.3 is 11.9 Å². The highest BCUT2D eigenvalue weighted by Crippen LogP contribution is 2.30. The minimum Gasteiger partial charge on any atom is -0.462 e. The van der Waals surface area contributed by atoms with Crippen LogP contribution in [0.15, 0.2) is 24.3 Å². The minimum atomic E-state index is -3.72. The average molecular weight is 355 g/mol. The lowest BCUT2D eigenvalue weighted by Crippen LogP contribution is -2.41. The van der Waals surface area contributed by atoms with E-state index in [4.69, 9.17) is 5.73 Å². The summed E-state index contributed by atoms with van der Waals surface area (Å²) in [5, 5.41) is 0. The monoisotopic (exact) mass is 355 g/mol. The quantitative estimate of drug-likeness (QED) is 0.667. The number of benzene rings is 1. The maximum atomic E-state index is 13.6. The van der Waals surface area contributed by atoms with E-state index < -0.39 is 17.9 Å². The number of carbonyl (C=O) groups is 1. The smallest absolute Gasteiger partial charge is 0.379 e. The Kier molecular flexibility index (Phi) is 4.81. The molecular formula is C11H12F2INO2. The summed E-state index contributed by atoms with van der Waals surface area (Å²) >= 11 is 2.05. The number of hydrogen-bond donors (Lipinski definition) is 1. The number of halogens is 3. The van der Waals surface area contributed by atoms with Gasteiger partial charge in [-0.15, -0.1) is 0 Å². The van der Waals surface area contributed by atoms with Crippen molar-refractivity contribution in [3.8, 4) is 0 Å². The van der Waals surface area contributed by atoms with E-state index in [0.717, 1.165) is 3.57 Å². The molecule has 3 nitrogen and oxygen atoms in total. The zero-order valence-electron chi connectivity index (χ0n) is 9.12. The van der Waals surface area contributed by atoms with Gasteiger partial charge in [-0.1, -0.05) is 12.1 Å². The van der Waals surface area contributed by atoms with Gasteiger partial charge in [-0.3, -0.25) is 0 Å². The van der Waals surface area contributed by atoms with Crippen molar-refractivity contribution in [3.63, 3.8) is 0 Å². The van der Waals surface area contributed by atoms with Crippen LogP contribution >= 0.6 is 22.6 Å². The number of ether oxygens (including phenoxy) is 1. The molecule has 0 saturated carbocycles. The second kappa shape index (κ2) is 5.72. The van der Waals surface area contributed by atoms with Crippen molar-refractivity contribution in [2.45, 2.75) is 18.9 Å². The van der Waals surface area contributed by atoms with Crippen LogP contribution in [0.25, 0.3) is 0 Å². The van der Waals surface area contributed by atoms with Crippen LogP contribution in [0, 0.1) is 3.57 Å². The molecule has 0 spiro atoms. The molecule has 0 fully saturated rings. The Balaban J connectivity index is 2.91. The molecule has 94 valence electrons. The Bertz CT molecular complexity index is 395. The van der Waals surface area contributed by atoms with Gasteiger partial charge in [-0.05, 0) is 47.2 Å². The topological polar surface area (TPSA) is 52.3 Å². The van der Waals surface area contributed by atoms with Crippen LogP contribution in [0.5, 0.6) is 0 Å². The van der Waals surface area contributed by atoms with Crippen molar-refractivity contribution in [3.05, 3.63) is 33.4 Å². The predicted octanol–water partition coefficient (Wildman–Crippen LogP) is 2.49. The van der Waals surface area contributed by atoms with E-state index in [2.05, 4.69) is 4.74 Å². The molecule has 1 rings (SSSR count). The molecule has 0 unspecified atom stereocenters. The molecule has 0 saturated heterocycles. The Morgan fingerprint density at radius 3 is 2.47 bits per heavy atom. The van der Waals surface area contributed by atoms with Crippen molar-refractivity contribution in [1.29, 1.82) is 0 Å². The summed E-state index contributed by atoms with van der Waals surface area (Å²) in [5.41, 5.74) is 5.60. The van der Waals surface area contributed by atoms with Crippen LogP contribution in [0.2, 0.25) is 0 Å². The van der Waals surface area contributed by atoms with E-state index in [1.54, 1.807) is 12.1 Å². The van der Waals surface area contributed by atoms with Gasteiger partial charge in [0, 0.05) is 3.57 Å². The molecule has 0 heterocycles. The van der Waals surface area contributed by atoms with Crippen LogP contribution in [-0.2, 0) is 9.53 Å². The number of rotatable bonds is 4. The van der Waals surface area contributed by atoms with E-state index in [1.807, 2.05) is 22.6 Å². The molecule has 0 bridgehead atoms. The zero-order chi connectivity index (χ0) is 13.1. The molecule has 1 aromatic rings. The zero-order valence-corrected chi connectivity index (χ0v) is 11.3. The fraction of sp³-hybridized carbons (Fsp3) is 0.364. The average Bonchev–Trinajstić information content (AvgIpc) is 2.29. The molecule has 0 amide bonds. The highest BCUT2D eigenvalue weighted by Gasteiger charge is 2.47. The van der Waals surface area contributed by atoms with Crippen molar-refractivity contribution < 1.29 is 18.3 Å². The van der Waals surface area contributed by atoms with Gasteiger partial charge in [0.1, 0.15) is 6.04 Å². The number of carbonyl (C=O) groups excluding carboxylic acids is 1. The highest BCUT2D eigenvalue weighted by atomic mass is 127. The lowest BCUT2D eigenvalue weighted by atomic mass is 10.0. The van der Waals surface area contributed by atoms with Crippen molar-refractivity contribution >= 4 is 28.6 Å². The maximum Gasteiger partial charge on any atom is 0.379 e. The second-order valence-electron chi connectivity index (χ2n) is 3.37. The third-order valence-corrected chi connectivity index (χ3v) is 2.89. The standard InChI is InChI=1S/C11H12F2INO2/c1-2-17-10(16)11(12,13)9(15)7-3-5-8(14)6-4-7/h3-6,9H,2,15H2,1H3/t9-/m1/s1. The normalized spacial score (nSPS) is 13.2. The first kappa shape index (κ1) is 14.3. The highest BCUT2D eigenvalue weighted by molar-refractivity contribution is 14.1. The SMILES string of the molecule is CCOC(=O)C(F)(F)[C@H](N)c1ccc(I)cc1. The predicted molar refractivity (Wildman–Crippen MR) is 67.7 cm³/mol. The van der Waals surface area contributed by atoms with E-state index in [1.165, 1.54) is 19.1 Å². The maximum absolute atomic E-state index is 13.6. The van der Waals surface area contributed by atoms with Crippen LogP contribution in [0.1, 0.15) is 18.5 Å². The molecule has 0 aliphatic heterocycles. The molecule has 0 radical (unpaired) electrons. The van der Waals surface area contributed by atoms with Crippen LogP contribution in [0.3, 0.4) is 0 Å². The lowest BCUT2D eigenvalue weighted by Gasteiger charge is -2.21. The van der Waals surface area contributed by atoms with E-state index in [9.17, 15) is 13.6 Å². The lowest BCUT2D eigenvalue weighted by molar-refractivity contribution is -0.174. The summed E-state index contributed by atoms with van der Waals surface area (Å²) in [6, 6.07) is 4.55. The first-order chi connectivity index (χ1) is 7.89. The summed E-state index contributed by atoms with van der Waals surface area (Å²) in [6.45, 7) is 1.36. The molecule has 17 heavy (non-hydrogen) atoms. The number of nitrogens with two attached hydrogens (primary N) is 1. The summed E-state index contributed by atoms with van der Waals surface area (Å²) < 4.78 is 32.4. The van der Waals surface area contributed by atoms with Crippen molar-refractivity contribution in [2.75, 3.05) is 6.61 Å². The van der Waals surface area contributed by atoms with Gasteiger partial charge in [0.2, 0.25) is 0 Å². The third kappa shape index (κ3) is 3.35. The van der Waals surface area contributed by atoms with Gasteiger partial charge in [-0.25, -0.2) is 4.79 Å². The first-order valence-corrected chi connectivity index (χ1v) is 6.03. The Morgan fingerprint density at radius 2 is 2.00 bits per heavy atom. The summed E-state index contributed by atoms with van der Waals surface area (Å²) in [7, 11) is 0. The summed E-state index contributed by atoms with van der Waals surface area (Å²) in [6.07, 6.45) is 0. The van der Waals surface area contributed by atoms with Gasteiger partial charge in [0.05, 0.1) is 6.61 Å². The van der Waals surface area contributed by atoms with E-state index in [-0.39, 0.29) is 12.2 Å². The number of esters is 1.